The Morgan fingerprint density at radius 2 is 2.00 bits per heavy atom. The maximum absolute atomic E-state index is 12.5. The standard InChI is InChI=1S/C15H14Cl3N3O2/c1-15(23)4-5-20(8-15)12-7-19-21(14(22)13(12)18)11-3-2-9(16)6-10(11)17/h2-3,6-7,23H,4-5,8H2,1H3. The first-order valence-corrected chi connectivity index (χ1v) is 8.12. The summed E-state index contributed by atoms with van der Waals surface area (Å²) in [6, 6.07) is 4.76. The van der Waals surface area contributed by atoms with Gasteiger partial charge in [0.15, 0.2) is 0 Å². The van der Waals surface area contributed by atoms with Gasteiger partial charge in [-0.1, -0.05) is 34.8 Å². The monoisotopic (exact) mass is 373 g/mol. The van der Waals surface area contributed by atoms with Crippen LogP contribution in [0.5, 0.6) is 0 Å². The van der Waals surface area contributed by atoms with Gasteiger partial charge < -0.3 is 10.0 Å². The molecule has 0 bridgehead atoms. The lowest BCUT2D eigenvalue weighted by atomic mass is 10.1. The van der Waals surface area contributed by atoms with Crippen molar-refractivity contribution in [2.75, 3.05) is 18.0 Å². The Hall–Kier alpha value is -1.27. The summed E-state index contributed by atoms with van der Waals surface area (Å²) >= 11 is 18.2. The molecule has 1 N–H and O–H groups in total. The molecule has 2 aromatic rings. The molecule has 1 atom stereocenters. The van der Waals surface area contributed by atoms with Gasteiger partial charge in [0.25, 0.3) is 5.56 Å². The van der Waals surface area contributed by atoms with Crippen molar-refractivity contribution in [1.29, 1.82) is 0 Å². The average molecular weight is 375 g/mol. The zero-order valence-electron chi connectivity index (χ0n) is 12.3. The maximum Gasteiger partial charge on any atom is 0.292 e. The highest BCUT2D eigenvalue weighted by atomic mass is 35.5. The minimum Gasteiger partial charge on any atom is -0.388 e. The molecule has 0 aliphatic carbocycles. The van der Waals surface area contributed by atoms with Crippen LogP contribution in [0, 0.1) is 0 Å². The first-order chi connectivity index (χ1) is 10.8. The molecule has 122 valence electrons. The van der Waals surface area contributed by atoms with Gasteiger partial charge >= 0.3 is 0 Å². The fourth-order valence-electron chi connectivity index (χ4n) is 2.62. The van der Waals surface area contributed by atoms with Crippen molar-refractivity contribution in [3.05, 3.63) is 49.8 Å². The Kier molecular flexibility index (Phi) is 4.31. The Morgan fingerprint density at radius 3 is 2.61 bits per heavy atom. The van der Waals surface area contributed by atoms with Crippen molar-refractivity contribution in [3.8, 4) is 5.69 Å². The third-order valence-corrected chi connectivity index (χ3v) is 4.72. The lowest BCUT2D eigenvalue weighted by Crippen LogP contribution is -2.31. The van der Waals surface area contributed by atoms with E-state index >= 15 is 0 Å². The van der Waals surface area contributed by atoms with Gasteiger partial charge in [0.1, 0.15) is 5.02 Å². The predicted octanol–water partition coefficient (Wildman–Crippen LogP) is 3.15. The molecule has 23 heavy (non-hydrogen) atoms. The molecule has 1 unspecified atom stereocenters. The van der Waals surface area contributed by atoms with Crippen molar-refractivity contribution in [3.63, 3.8) is 0 Å². The van der Waals surface area contributed by atoms with Crippen LogP contribution in [0.15, 0.2) is 29.2 Å². The van der Waals surface area contributed by atoms with Crippen molar-refractivity contribution in [1.82, 2.24) is 9.78 Å². The summed E-state index contributed by atoms with van der Waals surface area (Å²) in [7, 11) is 0. The largest absolute Gasteiger partial charge is 0.388 e. The topological polar surface area (TPSA) is 58.4 Å². The molecule has 1 fully saturated rings. The van der Waals surface area contributed by atoms with E-state index in [2.05, 4.69) is 5.10 Å². The minimum absolute atomic E-state index is 0.0451. The molecule has 1 aromatic carbocycles. The lowest BCUT2D eigenvalue weighted by Gasteiger charge is -2.21. The van der Waals surface area contributed by atoms with Gasteiger partial charge in [0.2, 0.25) is 0 Å². The summed E-state index contributed by atoms with van der Waals surface area (Å²) in [5.41, 5.74) is -0.351. The molecule has 0 saturated carbocycles. The molecule has 1 aromatic heterocycles. The second-order valence-corrected chi connectivity index (χ2v) is 7.05. The van der Waals surface area contributed by atoms with Crippen LogP contribution < -0.4 is 10.5 Å². The molecule has 0 spiro atoms. The van der Waals surface area contributed by atoms with Crippen LogP contribution in [0.2, 0.25) is 15.1 Å². The van der Waals surface area contributed by atoms with Crippen molar-refractivity contribution in [2.45, 2.75) is 18.9 Å². The van der Waals surface area contributed by atoms with Crippen LogP contribution in [-0.4, -0.2) is 33.6 Å². The third kappa shape index (κ3) is 3.19. The Balaban J connectivity index is 2.03. The van der Waals surface area contributed by atoms with E-state index in [1.165, 1.54) is 12.3 Å². The second-order valence-electron chi connectivity index (χ2n) is 5.82. The van der Waals surface area contributed by atoms with Crippen LogP contribution >= 0.6 is 34.8 Å². The Bertz CT molecular complexity index is 820. The van der Waals surface area contributed by atoms with Gasteiger partial charge in [-0.15, -0.1) is 0 Å². The molecule has 0 amide bonds. The summed E-state index contributed by atoms with van der Waals surface area (Å²) < 4.78 is 1.14. The molecular weight excluding hydrogens is 361 g/mol. The smallest absolute Gasteiger partial charge is 0.292 e. The van der Waals surface area contributed by atoms with Gasteiger partial charge in [0, 0.05) is 18.1 Å². The molecule has 2 heterocycles. The average Bonchev–Trinajstić information content (AvgIpc) is 2.83. The fraction of sp³-hybridized carbons (Fsp3) is 0.333. The summed E-state index contributed by atoms with van der Waals surface area (Å²) in [6.07, 6.45) is 2.12. The van der Waals surface area contributed by atoms with Gasteiger partial charge in [-0.25, -0.2) is 0 Å². The maximum atomic E-state index is 12.5. The van der Waals surface area contributed by atoms with Gasteiger partial charge in [0.05, 0.1) is 28.2 Å². The number of hydrogen-bond donors (Lipinski definition) is 1. The lowest BCUT2D eigenvalue weighted by molar-refractivity contribution is 0.0839. The molecule has 1 saturated heterocycles. The summed E-state index contributed by atoms with van der Waals surface area (Å²) in [6.45, 7) is 2.77. The number of β-amino-alcohol motifs (C(OH)–C–C–N with tert-alkyl or cyclic N) is 1. The predicted molar refractivity (Wildman–Crippen MR) is 92.3 cm³/mol. The highest BCUT2D eigenvalue weighted by molar-refractivity contribution is 6.36. The normalized spacial score (nSPS) is 21.0. The molecule has 5 nitrogen and oxygen atoms in total. The number of nitrogens with zero attached hydrogens (tertiary/aromatic N) is 3. The van der Waals surface area contributed by atoms with Crippen LogP contribution in [0.1, 0.15) is 13.3 Å². The number of aromatic nitrogens is 2. The first kappa shape index (κ1) is 16.6. The van der Waals surface area contributed by atoms with E-state index in [9.17, 15) is 9.90 Å². The molecule has 1 aliphatic heterocycles. The van der Waals surface area contributed by atoms with Crippen molar-refractivity contribution >= 4 is 40.5 Å². The number of benzene rings is 1. The molecule has 0 radical (unpaired) electrons. The van der Waals surface area contributed by atoms with Crippen LogP contribution in [-0.2, 0) is 0 Å². The number of aliphatic hydroxyl groups is 1. The van der Waals surface area contributed by atoms with Crippen LogP contribution in [0.4, 0.5) is 5.69 Å². The number of anilines is 1. The number of rotatable bonds is 2. The van der Waals surface area contributed by atoms with Crippen molar-refractivity contribution in [2.24, 2.45) is 0 Å². The zero-order chi connectivity index (χ0) is 16.8. The zero-order valence-corrected chi connectivity index (χ0v) is 14.5. The molecular formula is C15H14Cl3N3O2. The number of halogens is 3. The highest BCUT2D eigenvalue weighted by Gasteiger charge is 2.33. The summed E-state index contributed by atoms with van der Waals surface area (Å²) in [5, 5.41) is 15.0. The Labute approximate surface area is 148 Å². The highest BCUT2D eigenvalue weighted by Crippen LogP contribution is 2.30. The second kappa shape index (κ2) is 5.98. The Morgan fingerprint density at radius 1 is 1.26 bits per heavy atom. The van der Waals surface area contributed by atoms with E-state index in [4.69, 9.17) is 34.8 Å². The van der Waals surface area contributed by atoms with Gasteiger partial charge in [-0.2, -0.15) is 9.78 Å². The number of hydrogen-bond acceptors (Lipinski definition) is 4. The van der Waals surface area contributed by atoms with E-state index in [1.54, 1.807) is 19.1 Å². The van der Waals surface area contributed by atoms with Gasteiger partial charge in [-0.05, 0) is 31.5 Å². The quantitative estimate of drug-likeness (QED) is 0.877. The molecule has 3 rings (SSSR count). The minimum atomic E-state index is -0.794. The first-order valence-electron chi connectivity index (χ1n) is 6.99. The molecule has 1 aliphatic rings. The van der Waals surface area contributed by atoms with E-state index in [0.29, 0.717) is 40.9 Å². The van der Waals surface area contributed by atoms with Gasteiger partial charge in [-0.3, -0.25) is 4.79 Å². The summed E-state index contributed by atoms with van der Waals surface area (Å²) in [5.74, 6) is 0. The van der Waals surface area contributed by atoms with E-state index < -0.39 is 11.2 Å². The van der Waals surface area contributed by atoms with E-state index in [0.717, 1.165) is 4.68 Å². The van der Waals surface area contributed by atoms with Crippen LogP contribution in [0.3, 0.4) is 0 Å². The van der Waals surface area contributed by atoms with E-state index in [1.807, 2.05) is 4.90 Å². The summed E-state index contributed by atoms with van der Waals surface area (Å²) in [4.78, 5) is 14.4. The fourth-order valence-corrected chi connectivity index (χ4v) is 3.36. The third-order valence-electron chi connectivity index (χ3n) is 3.83. The van der Waals surface area contributed by atoms with E-state index in [-0.39, 0.29) is 5.02 Å². The van der Waals surface area contributed by atoms with Crippen LogP contribution in [0.25, 0.3) is 5.69 Å². The molecule has 8 heteroatoms. The van der Waals surface area contributed by atoms with Crippen molar-refractivity contribution < 1.29 is 5.11 Å². The SMILES string of the molecule is CC1(O)CCN(c2cnn(-c3ccc(Cl)cc3Cl)c(=O)c2Cl)C1.